The Bertz CT molecular complexity index is 434. The number of aryl methyl sites for hydroxylation is 1. The molecular formula is C16H24Cl2N2O2. The van der Waals surface area contributed by atoms with Crippen LogP contribution >= 0.6 is 23.2 Å². The van der Waals surface area contributed by atoms with Crippen LogP contribution in [0.3, 0.4) is 0 Å². The summed E-state index contributed by atoms with van der Waals surface area (Å²) >= 11 is 11.6. The molecule has 0 fully saturated rings. The molecule has 0 spiro atoms. The van der Waals surface area contributed by atoms with E-state index >= 15 is 0 Å². The van der Waals surface area contributed by atoms with Gasteiger partial charge in [0.25, 0.3) is 0 Å². The van der Waals surface area contributed by atoms with E-state index < -0.39 is 6.04 Å². The lowest BCUT2D eigenvalue weighted by Gasteiger charge is -2.23. The van der Waals surface area contributed by atoms with E-state index in [0.717, 1.165) is 30.8 Å². The Balaban J connectivity index is 2.55. The molecule has 124 valence electrons. The summed E-state index contributed by atoms with van der Waals surface area (Å²) in [5.74, 6) is 0.787. The van der Waals surface area contributed by atoms with Crippen LogP contribution in [0.4, 0.5) is 5.69 Å². The van der Waals surface area contributed by atoms with Gasteiger partial charge in [0.15, 0.2) is 0 Å². The minimum atomic E-state index is -0.566. The van der Waals surface area contributed by atoms with Crippen molar-refractivity contribution in [2.45, 2.75) is 25.8 Å². The Morgan fingerprint density at radius 3 is 2.32 bits per heavy atom. The van der Waals surface area contributed by atoms with Crippen molar-refractivity contribution >= 4 is 34.9 Å². The molecule has 0 saturated heterocycles. The Kier molecular flexibility index (Phi) is 9.28. The number of ether oxygens (including phenoxy) is 1. The molecule has 1 rings (SSSR count). The van der Waals surface area contributed by atoms with Crippen molar-refractivity contribution in [3.05, 3.63) is 29.8 Å². The molecule has 6 heteroatoms. The molecule has 0 heterocycles. The Hall–Kier alpha value is -0.970. The number of carbonyl (C=O) groups is 1. The van der Waals surface area contributed by atoms with E-state index in [4.69, 9.17) is 33.7 Å². The number of halogens is 2. The van der Waals surface area contributed by atoms with E-state index in [1.54, 1.807) is 6.92 Å². The molecule has 4 nitrogen and oxygen atoms in total. The molecule has 1 aromatic rings. The van der Waals surface area contributed by atoms with Crippen LogP contribution in [0.2, 0.25) is 0 Å². The molecule has 0 amide bonds. The number of nitrogens with two attached hydrogens (primary N) is 1. The molecule has 0 aliphatic heterocycles. The SMILES string of the molecule is CCOC(=O)[C@@H](N)CCc1ccc(N(CCCl)CCCl)cc1. The van der Waals surface area contributed by atoms with Crippen molar-refractivity contribution in [1.82, 2.24) is 0 Å². The van der Waals surface area contributed by atoms with Crippen molar-refractivity contribution < 1.29 is 9.53 Å². The smallest absolute Gasteiger partial charge is 0.322 e. The number of hydrogen-bond acceptors (Lipinski definition) is 4. The number of esters is 1. The van der Waals surface area contributed by atoms with Gasteiger partial charge in [-0.2, -0.15) is 0 Å². The number of carbonyl (C=O) groups excluding carboxylic acids is 1. The highest BCUT2D eigenvalue weighted by atomic mass is 35.5. The molecule has 22 heavy (non-hydrogen) atoms. The summed E-state index contributed by atoms with van der Waals surface area (Å²) < 4.78 is 4.90. The van der Waals surface area contributed by atoms with Crippen molar-refractivity contribution in [2.24, 2.45) is 5.73 Å². The van der Waals surface area contributed by atoms with E-state index in [2.05, 4.69) is 4.90 Å². The van der Waals surface area contributed by atoms with E-state index in [0.29, 0.717) is 24.8 Å². The van der Waals surface area contributed by atoms with Crippen LogP contribution in [-0.2, 0) is 16.0 Å². The second-order valence-electron chi connectivity index (χ2n) is 4.93. The largest absolute Gasteiger partial charge is 0.465 e. The Labute approximate surface area is 142 Å². The van der Waals surface area contributed by atoms with Gasteiger partial charge in [0.05, 0.1) is 6.61 Å². The van der Waals surface area contributed by atoms with Gasteiger partial charge in [-0.1, -0.05) is 12.1 Å². The zero-order valence-corrected chi connectivity index (χ0v) is 14.4. The molecule has 0 aliphatic rings. The zero-order valence-electron chi connectivity index (χ0n) is 12.9. The lowest BCUT2D eigenvalue weighted by molar-refractivity contribution is -0.144. The highest BCUT2D eigenvalue weighted by Gasteiger charge is 2.14. The van der Waals surface area contributed by atoms with Crippen LogP contribution in [0.15, 0.2) is 24.3 Å². The topological polar surface area (TPSA) is 55.6 Å². The molecule has 0 bridgehead atoms. The zero-order chi connectivity index (χ0) is 16.4. The minimum Gasteiger partial charge on any atom is -0.465 e. The number of rotatable bonds is 10. The predicted molar refractivity (Wildman–Crippen MR) is 93.0 cm³/mol. The quantitative estimate of drug-likeness (QED) is 0.522. The van der Waals surface area contributed by atoms with Gasteiger partial charge in [0.2, 0.25) is 0 Å². The van der Waals surface area contributed by atoms with Crippen LogP contribution in [0.25, 0.3) is 0 Å². The van der Waals surface area contributed by atoms with E-state index in [1.165, 1.54) is 0 Å². The van der Waals surface area contributed by atoms with Crippen molar-refractivity contribution in [3.8, 4) is 0 Å². The van der Waals surface area contributed by atoms with E-state index in [9.17, 15) is 4.79 Å². The number of alkyl halides is 2. The fourth-order valence-electron chi connectivity index (χ4n) is 2.14. The summed E-state index contributed by atoms with van der Waals surface area (Å²) in [5.41, 5.74) is 8.03. The van der Waals surface area contributed by atoms with Gasteiger partial charge in [0.1, 0.15) is 6.04 Å². The van der Waals surface area contributed by atoms with Gasteiger partial charge in [-0.3, -0.25) is 4.79 Å². The number of hydrogen-bond donors (Lipinski definition) is 1. The first-order valence-electron chi connectivity index (χ1n) is 7.50. The molecule has 2 N–H and O–H groups in total. The Morgan fingerprint density at radius 2 is 1.82 bits per heavy atom. The first-order valence-corrected chi connectivity index (χ1v) is 8.57. The fourth-order valence-corrected chi connectivity index (χ4v) is 2.54. The van der Waals surface area contributed by atoms with Crippen molar-refractivity contribution in [2.75, 3.05) is 36.4 Å². The second kappa shape index (κ2) is 10.7. The monoisotopic (exact) mass is 346 g/mol. The van der Waals surface area contributed by atoms with Gasteiger partial charge < -0.3 is 15.4 Å². The molecule has 0 unspecified atom stereocenters. The molecule has 0 saturated carbocycles. The van der Waals surface area contributed by atoms with Crippen LogP contribution in [-0.4, -0.2) is 43.5 Å². The Morgan fingerprint density at radius 1 is 1.23 bits per heavy atom. The van der Waals surface area contributed by atoms with Crippen LogP contribution in [0.1, 0.15) is 18.9 Å². The highest BCUT2D eigenvalue weighted by Crippen LogP contribution is 2.17. The number of benzene rings is 1. The fraction of sp³-hybridized carbons (Fsp3) is 0.562. The summed E-state index contributed by atoms with van der Waals surface area (Å²) in [4.78, 5) is 13.6. The first kappa shape index (κ1) is 19.1. The molecular weight excluding hydrogens is 323 g/mol. The normalized spacial score (nSPS) is 12.0. The van der Waals surface area contributed by atoms with Gasteiger partial charge in [0, 0.05) is 30.5 Å². The third-order valence-electron chi connectivity index (χ3n) is 3.34. The average molecular weight is 347 g/mol. The molecule has 0 aromatic heterocycles. The predicted octanol–water partition coefficient (Wildman–Crippen LogP) is 2.79. The molecule has 1 aromatic carbocycles. The molecule has 0 aliphatic carbocycles. The molecule has 0 radical (unpaired) electrons. The van der Waals surface area contributed by atoms with Crippen molar-refractivity contribution in [1.29, 1.82) is 0 Å². The summed E-state index contributed by atoms with van der Waals surface area (Å²) in [7, 11) is 0. The van der Waals surface area contributed by atoms with Gasteiger partial charge >= 0.3 is 5.97 Å². The van der Waals surface area contributed by atoms with Crippen LogP contribution < -0.4 is 10.6 Å². The summed E-state index contributed by atoms with van der Waals surface area (Å²) in [6.45, 7) is 3.66. The second-order valence-corrected chi connectivity index (χ2v) is 5.68. The maximum Gasteiger partial charge on any atom is 0.322 e. The minimum absolute atomic E-state index is 0.338. The number of nitrogens with zero attached hydrogens (tertiary/aromatic N) is 1. The highest BCUT2D eigenvalue weighted by molar-refractivity contribution is 6.18. The summed E-state index contributed by atoms with van der Waals surface area (Å²) in [5, 5.41) is 0. The van der Waals surface area contributed by atoms with Crippen molar-refractivity contribution in [3.63, 3.8) is 0 Å². The van der Waals surface area contributed by atoms with Crippen LogP contribution in [0.5, 0.6) is 0 Å². The first-order chi connectivity index (χ1) is 10.6. The number of anilines is 1. The maximum atomic E-state index is 11.5. The summed E-state index contributed by atoms with van der Waals surface area (Å²) in [6.07, 6.45) is 1.32. The third-order valence-corrected chi connectivity index (χ3v) is 3.68. The van der Waals surface area contributed by atoms with Gasteiger partial charge in [-0.25, -0.2) is 0 Å². The average Bonchev–Trinajstić information content (AvgIpc) is 2.53. The lowest BCUT2D eigenvalue weighted by atomic mass is 10.1. The van der Waals surface area contributed by atoms with Gasteiger partial charge in [-0.05, 0) is 37.5 Å². The molecule has 1 atom stereocenters. The van der Waals surface area contributed by atoms with E-state index in [1.807, 2.05) is 24.3 Å². The van der Waals surface area contributed by atoms with E-state index in [-0.39, 0.29) is 5.97 Å². The standard InChI is InChI=1S/C16H24Cl2N2O2/c1-2-22-16(21)15(19)8-5-13-3-6-14(7-4-13)20(11-9-17)12-10-18/h3-4,6-7,15H,2,5,8-12,19H2,1H3/t15-/m0/s1. The van der Waals surface area contributed by atoms with Gasteiger partial charge in [-0.15, -0.1) is 23.2 Å². The summed E-state index contributed by atoms with van der Waals surface area (Å²) in [6, 6.07) is 7.61. The third kappa shape index (κ3) is 6.42. The maximum absolute atomic E-state index is 11.5. The lowest BCUT2D eigenvalue weighted by Crippen LogP contribution is -2.32. The van der Waals surface area contributed by atoms with Crippen LogP contribution in [0, 0.1) is 0 Å².